The van der Waals surface area contributed by atoms with E-state index in [2.05, 4.69) is 19.2 Å². The van der Waals surface area contributed by atoms with Gasteiger partial charge in [-0.1, -0.05) is 174 Å². The molecule has 0 rings (SSSR count). The molecule has 0 saturated heterocycles. The maximum Gasteiger partial charge on any atom is 0.407 e. The molecule has 0 spiro atoms. The van der Waals surface area contributed by atoms with Crippen LogP contribution in [0, 0.1) is 0 Å². The number of hydrogen-bond acceptors (Lipinski definition) is 4. The van der Waals surface area contributed by atoms with Crippen molar-refractivity contribution < 1.29 is 19.0 Å². The molecule has 0 aromatic rings. The number of carbonyl (C=O) groups is 1. The lowest BCUT2D eigenvalue weighted by atomic mass is 10.0. The molecule has 0 aliphatic heterocycles. The van der Waals surface area contributed by atoms with Crippen LogP contribution in [0.2, 0.25) is 0 Å². The average Bonchev–Trinajstić information content (AvgIpc) is 3.02. The number of nitrogens with one attached hydrogen (secondary N) is 1. The lowest BCUT2D eigenvalue weighted by Crippen LogP contribution is -2.30. The molecule has 0 aliphatic rings. The highest BCUT2D eigenvalue weighted by Crippen LogP contribution is 2.18. The van der Waals surface area contributed by atoms with Crippen LogP contribution in [-0.4, -0.2) is 45.7 Å². The first-order valence-corrected chi connectivity index (χ1v) is 19.8. The van der Waals surface area contributed by atoms with Crippen molar-refractivity contribution in [1.82, 2.24) is 5.32 Å². The van der Waals surface area contributed by atoms with E-state index in [4.69, 9.17) is 14.2 Å². The van der Waals surface area contributed by atoms with E-state index in [1.54, 1.807) is 7.11 Å². The quantitative estimate of drug-likeness (QED) is 0.0698. The van der Waals surface area contributed by atoms with E-state index in [1.807, 2.05) is 0 Å². The standard InChI is InChI=1S/C39H79NO4/c1-4-6-8-10-12-14-16-18-19-20-22-24-26-28-30-33-38(44-39(41)40-34-31-35-43-37-36-42-3)32-29-27-25-23-21-17-15-13-11-9-7-5-2/h38H,4-37H2,1-3H3,(H,40,41). The number of ether oxygens (including phenoxy) is 3. The number of rotatable bonds is 37. The van der Waals surface area contributed by atoms with Crippen molar-refractivity contribution in [2.75, 3.05) is 33.5 Å². The van der Waals surface area contributed by atoms with Gasteiger partial charge in [-0.15, -0.1) is 0 Å². The molecule has 5 heteroatoms. The topological polar surface area (TPSA) is 56.8 Å². The summed E-state index contributed by atoms with van der Waals surface area (Å²) < 4.78 is 16.4. The number of amides is 1. The van der Waals surface area contributed by atoms with E-state index in [0.29, 0.717) is 26.4 Å². The summed E-state index contributed by atoms with van der Waals surface area (Å²) in [6.07, 6.45) is 39.5. The highest BCUT2D eigenvalue weighted by atomic mass is 16.6. The Morgan fingerprint density at radius 1 is 0.477 bits per heavy atom. The first-order valence-electron chi connectivity index (χ1n) is 19.8. The smallest absolute Gasteiger partial charge is 0.407 e. The molecule has 0 fully saturated rings. The molecule has 1 N–H and O–H groups in total. The van der Waals surface area contributed by atoms with Crippen LogP contribution in [0.15, 0.2) is 0 Å². The monoisotopic (exact) mass is 626 g/mol. The molecule has 5 nitrogen and oxygen atoms in total. The predicted molar refractivity (Wildman–Crippen MR) is 191 cm³/mol. The van der Waals surface area contributed by atoms with Crippen molar-refractivity contribution >= 4 is 6.09 Å². The number of alkyl carbamates (subject to hydrolysis) is 1. The molecule has 0 aliphatic carbocycles. The van der Waals surface area contributed by atoms with Crippen molar-refractivity contribution in [2.45, 2.75) is 213 Å². The third-order valence-electron chi connectivity index (χ3n) is 8.95. The van der Waals surface area contributed by atoms with Crippen molar-refractivity contribution in [3.8, 4) is 0 Å². The lowest BCUT2D eigenvalue weighted by molar-refractivity contribution is 0.0670. The summed E-state index contributed by atoms with van der Waals surface area (Å²) in [5.74, 6) is 0. The second-order valence-electron chi connectivity index (χ2n) is 13.3. The third kappa shape index (κ3) is 35.7. The van der Waals surface area contributed by atoms with Gasteiger partial charge in [0.05, 0.1) is 13.2 Å². The summed E-state index contributed by atoms with van der Waals surface area (Å²) in [6.45, 7) is 7.01. The fourth-order valence-corrected chi connectivity index (χ4v) is 6.02. The summed E-state index contributed by atoms with van der Waals surface area (Å²) in [5, 5.41) is 2.93. The fraction of sp³-hybridized carbons (Fsp3) is 0.974. The molecular formula is C39H79NO4. The molecule has 0 bridgehead atoms. The average molecular weight is 626 g/mol. The zero-order valence-corrected chi connectivity index (χ0v) is 30.3. The molecule has 0 heterocycles. The van der Waals surface area contributed by atoms with Gasteiger partial charge >= 0.3 is 6.09 Å². The van der Waals surface area contributed by atoms with Crippen LogP contribution < -0.4 is 5.32 Å². The molecule has 0 radical (unpaired) electrons. The minimum atomic E-state index is -0.258. The van der Waals surface area contributed by atoms with Gasteiger partial charge in [-0.3, -0.25) is 0 Å². The predicted octanol–water partition coefficient (Wildman–Crippen LogP) is 12.5. The minimum Gasteiger partial charge on any atom is -0.446 e. The van der Waals surface area contributed by atoms with Crippen LogP contribution in [0.1, 0.15) is 206 Å². The van der Waals surface area contributed by atoms with Crippen molar-refractivity contribution in [3.05, 3.63) is 0 Å². The summed E-state index contributed by atoms with van der Waals surface area (Å²) in [6, 6.07) is 0. The highest BCUT2D eigenvalue weighted by Gasteiger charge is 2.14. The van der Waals surface area contributed by atoms with Gasteiger partial charge in [-0.25, -0.2) is 4.79 Å². The van der Waals surface area contributed by atoms with Crippen LogP contribution in [0.5, 0.6) is 0 Å². The summed E-state index contributed by atoms with van der Waals surface area (Å²) in [7, 11) is 1.67. The molecule has 0 saturated carbocycles. The second kappa shape index (κ2) is 38.4. The Morgan fingerprint density at radius 2 is 0.841 bits per heavy atom. The Kier molecular flexibility index (Phi) is 37.7. The van der Waals surface area contributed by atoms with E-state index >= 15 is 0 Å². The Hall–Kier alpha value is -0.810. The summed E-state index contributed by atoms with van der Waals surface area (Å²) >= 11 is 0. The Balaban J connectivity index is 3.99. The first-order chi connectivity index (χ1) is 21.7. The molecule has 44 heavy (non-hydrogen) atoms. The second-order valence-corrected chi connectivity index (χ2v) is 13.3. The molecule has 264 valence electrons. The van der Waals surface area contributed by atoms with Gasteiger partial charge in [0.2, 0.25) is 0 Å². The van der Waals surface area contributed by atoms with Crippen molar-refractivity contribution in [3.63, 3.8) is 0 Å². The fourth-order valence-electron chi connectivity index (χ4n) is 6.02. The molecule has 1 unspecified atom stereocenters. The largest absolute Gasteiger partial charge is 0.446 e. The summed E-state index contributed by atoms with van der Waals surface area (Å²) in [4.78, 5) is 12.5. The zero-order valence-electron chi connectivity index (χ0n) is 30.3. The number of carbonyl (C=O) groups excluding carboxylic acids is 1. The molecule has 0 aromatic heterocycles. The van der Waals surface area contributed by atoms with Gasteiger partial charge in [0.1, 0.15) is 6.10 Å². The van der Waals surface area contributed by atoms with E-state index in [9.17, 15) is 4.79 Å². The van der Waals surface area contributed by atoms with Gasteiger partial charge < -0.3 is 19.5 Å². The normalized spacial score (nSPS) is 12.1. The van der Waals surface area contributed by atoms with Crippen molar-refractivity contribution in [2.24, 2.45) is 0 Å². The lowest BCUT2D eigenvalue weighted by Gasteiger charge is -2.18. The first kappa shape index (κ1) is 43.2. The number of methoxy groups -OCH3 is 1. The zero-order chi connectivity index (χ0) is 32.0. The Labute approximate surface area is 276 Å². The van der Waals surface area contributed by atoms with Gasteiger partial charge in [0, 0.05) is 20.3 Å². The molecule has 0 aromatic carbocycles. The van der Waals surface area contributed by atoms with Crippen LogP contribution in [0.25, 0.3) is 0 Å². The van der Waals surface area contributed by atoms with Gasteiger partial charge in [0.25, 0.3) is 0 Å². The Bertz CT molecular complexity index is 544. The van der Waals surface area contributed by atoms with E-state index < -0.39 is 0 Å². The van der Waals surface area contributed by atoms with Gasteiger partial charge in [-0.2, -0.15) is 0 Å². The van der Waals surface area contributed by atoms with Gasteiger partial charge in [0.15, 0.2) is 0 Å². The third-order valence-corrected chi connectivity index (χ3v) is 8.95. The molecule has 1 atom stereocenters. The van der Waals surface area contributed by atoms with Crippen molar-refractivity contribution in [1.29, 1.82) is 0 Å². The van der Waals surface area contributed by atoms with E-state index in [1.165, 1.54) is 173 Å². The van der Waals surface area contributed by atoms with Crippen LogP contribution in [-0.2, 0) is 14.2 Å². The number of unbranched alkanes of at least 4 members (excludes halogenated alkanes) is 25. The van der Waals surface area contributed by atoms with Crippen LogP contribution in [0.4, 0.5) is 4.79 Å². The summed E-state index contributed by atoms with van der Waals surface area (Å²) in [5.41, 5.74) is 0. The Morgan fingerprint density at radius 3 is 1.20 bits per heavy atom. The van der Waals surface area contributed by atoms with E-state index in [-0.39, 0.29) is 12.2 Å². The highest BCUT2D eigenvalue weighted by molar-refractivity contribution is 5.67. The van der Waals surface area contributed by atoms with Gasteiger partial charge in [-0.05, 0) is 32.1 Å². The maximum atomic E-state index is 12.5. The minimum absolute atomic E-state index is 0.0537. The van der Waals surface area contributed by atoms with Crippen LogP contribution >= 0.6 is 0 Å². The SMILES string of the molecule is CCCCCCCCCCCCCCCCCC(CCCCCCCCCCCCCC)OC(=O)NCCCOCCOC. The van der Waals surface area contributed by atoms with E-state index in [0.717, 1.165) is 19.3 Å². The molecular weight excluding hydrogens is 546 g/mol. The van der Waals surface area contributed by atoms with Crippen LogP contribution in [0.3, 0.4) is 0 Å². The maximum absolute atomic E-state index is 12.5. The number of hydrogen-bond donors (Lipinski definition) is 1. The molecule has 1 amide bonds.